The number of allylic oxidation sites excluding steroid dienone is 5. The van der Waals surface area contributed by atoms with Crippen LogP contribution in [0, 0.1) is 0 Å². The Morgan fingerprint density at radius 1 is 0.872 bits per heavy atom. The van der Waals surface area contributed by atoms with Crippen LogP contribution in [-0.4, -0.2) is 72.4 Å². The number of hydrogen-bond donors (Lipinski definition) is 1. The molecule has 5 aromatic heterocycles. The van der Waals surface area contributed by atoms with Crippen LogP contribution in [0.2, 0.25) is 0 Å². The van der Waals surface area contributed by atoms with E-state index in [9.17, 15) is 0 Å². The summed E-state index contributed by atoms with van der Waals surface area (Å²) in [7, 11) is 4.13. The number of fused-ring (bicyclic) bond motifs is 2. The van der Waals surface area contributed by atoms with Gasteiger partial charge >= 0.3 is 0 Å². The first-order valence-electron chi connectivity index (χ1n) is 13.5. The van der Waals surface area contributed by atoms with Gasteiger partial charge in [-0.1, -0.05) is 12.2 Å². The van der Waals surface area contributed by atoms with Gasteiger partial charge in [0.2, 0.25) is 0 Å². The molecule has 0 radical (unpaired) electrons. The van der Waals surface area contributed by atoms with E-state index in [2.05, 4.69) is 81.6 Å². The topological polar surface area (TPSA) is 70.3 Å². The van der Waals surface area contributed by atoms with Gasteiger partial charge in [-0.15, -0.1) is 0 Å². The summed E-state index contributed by atoms with van der Waals surface area (Å²) in [5, 5.41) is 10.0. The fourth-order valence-corrected chi connectivity index (χ4v) is 5.71. The zero-order valence-electron chi connectivity index (χ0n) is 22.6. The first kappa shape index (κ1) is 23.7. The summed E-state index contributed by atoms with van der Waals surface area (Å²) < 4.78 is 3.73. The van der Waals surface area contributed by atoms with Gasteiger partial charge in [-0.25, -0.2) is 9.50 Å². The van der Waals surface area contributed by atoms with Gasteiger partial charge in [-0.3, -0.25) is 4.68 Å². The Bertz CT molecular complexity index is 1790. The van der Waals surface area contributed by atoms with Crippen LogP contribution in [0.3, 0.4) is 0 Å². The zero-order valence-corrected chi connectivity index (χ0v) is 22.6. The van der Waals surface area contributed by atoms with Gasteiger partial charge < -0.3 is 14.8 Å². The van der Waals surface area contributed by atoms with E-state index in [1.54, 1.807) is 0 Å². The third-order valence-corrected chi connectivity index (χ3v) is 8.04. The van der Waals surface area contributed by atoms with Crippen LogP contribution in [0.4, 0.5) is 0 Å². The third kappa shape index (κ3) is 4.27. The Hall–Kier alpha value is -4.43. The summed E-state index contributed by atoms with van der Waals surface area (Å²) in [4.78, 5) is 13.1. The lowest BCUT2D eigenvalue weighted by molar-refractivity contribution is 0.189. The highest BCUT2D eigenvalue weighted by molar-refractivity contribution is 5.97. The average molecular weight is 517 g/mol. The molecule has 0 saturated carbocycles. The molecule has 1 aliphatic carbocycles. The van der Waals surface area contributed by atoms with E-state index in [-0.39, 0.29) is 0 Å². The van der Waals surface area contributed by atoms with Crippen molar-refractivity contribution in [1.29, 1.82) is 0 Å². The molecule has 2 aliphatic rings. The number of aromatic amines is 1. The number of rotatable bonds is 4. The van der Waals surface area contributed by atoms with E-state index in [1.807, 2.05) is 47.2 Å². The molecule has 5 aromatic rings. The smallest absolute Gasteiger partial charge is 0.137 e. The van der Waals surface area contributed by atoms with Gasteiger partial charge in [0.15, 0.2) is 0 Å². The monoisotopic (exact) mass is 516 g/mol. The molecule has 1 aliphatic heterocycles. The van der Waals surface area contributed by atoms with Crippen LogP contribution in [0.15, 0.2) is 84.9 Å². The molecule has 0 unspecified atom stereocenters. The van der Waals surface area contributed by atoms with Gasteiger partial charge in [0.1, 0.15) is 5.65 Å². The first-order chi connectivity index (χ1) is 19.0. The highest BCUT2D eigenvalue weighted by atomic mass is 15.3. The van der Waals surface area contributed by atoms with Gasteiger partial charge in [-0.2, -0.15) is 10.2 Å². The van der Waals surface area contributed by atoms with Crippen molar-refractivity contribution in [3.63, 3.8) is 0 Å². The van der Waals surface area contributed by atoms with Crippen LogP contribution in [0.25, 0.3) is 44.4 Å². The predicted molar refractivity (Wildman–Crippen MR) is 156 cm³/mol. The summed E-state index contributed by atoms with van der Waals surface area (Å²) in [6.45, 7) is 6.63. The quantitative estimate of drug-likeness (QED) is 0.358. The molecule has 6 heterocycles. The molecule has 8 heteroatoms. The Morgan fingerprint density at radius 2 is 1.74 bits per heavy atom. The first-order valence-corrected chi connectivity index (χ1v) is 13.5. The highest BCUT2D eigenvalue weighted by Gasteiger charge is 2.18. The minimum Gasteiger partial charge on any atom is -0.369 e. The van der Waals surface area contributed by atoms with Crippen LogP contribution in [-0.2, 0) is 7.05 Å². The number of likely N-dealkylation sites (N-methyl/N-ethyl adjacent to an activating group) is 1. The molecular weight excluding hydrogens is 484 g/mol. The third-order valence-electron chi connectivity index (χ3n) is 8.04. The number of pyridine rings is 2. The van der Waals surface area contributed by atoms with Crippen molar-refractivity contribution in [2.75, 3.05) is 33.2 Å². The van der Waals surface area contributed by atoms with E-state index in [1.165, 1.54) is 16.8 Å². The molecule has 7 rings (SSSR count). The van der Waals surface area contributed by atoms with E-state index in [0.717, 1.165) is 77.0 Å². The molecule has 0 bridgehead atoms. The Kier molecular flexibility index (Phi) is 5.70. The average Bonchev–Trinajstić information content (AvgIpc) is 3.65. The largest absolute Gasteiger partial charge is 0.369 e. The predicted octanol–water partition coefficient (Wildman–Crippen LogP) is 5.14. The van der Waals surface area contributed by atoms with E-state index in [0.29, 0.717) is 0 Å². The number of piperazine rings is 1. The van der Waals surface area contributed by atoms with Gasteiger partial charge in [0, 0.05) is 91.4 Å². The molecule has 39 heavy (non-hydrogen) atoms. The SMILES string of the molecule is CC1=C(N2CCN(C)CC2)C=CC(c2cnc3[nH]cc(-c4ccn5ncc(-c6cnn(C)c6)c5c4)c3c2)=CC1. The molecule has 0 spiro atoms. The normalized spacial score (nSPS) is 16.9. The van der Waals surface area contributed by atoms with Crippen molar-refractivity contribution in [3.8, 4) is 22.3 Å². The molecule has 1 N–H and O–H groups in total. The van der Waals surface area contributed by atoms with Gasteiger partial charge in [0.25, 0.3) is 0 Å². The van der Waals surface area contributed by atoms with E-state index < -0.39 is 0 Å². The number of hydrogen-bond acceptors (Lipinski definition) is 5. The Balaban J connectivity index is 1.23. The number of aryl methyl sites for hydroxylation is 1. The number of aromatic nitrogens is 6. The molecule has 0 amide bonds. The molecule has 8 nitrogen and oxygen atoms in total. The van der Waals surface area contributed by atoms with Crippen LogP contribution in [0.5, 0.6) is 0 Å². The second kappa shape index (κ2) is 9.39. The molecule has 1 fully saturated rings. The Morgan fingerprint density at radius 3 is 2.56 bits per heavy atom. The summed E-state index contributed by atoms with van der Waals surface area (Å²) in [6.07, 6.45) is 19.7. The van der Waals surface area contributed by atoms with Crippen molar-refractivity contribution in [2.45, 2.75) is 13.3 Å². The van der Waals surface area contributed by atoms with Gasteiger partial charge in [0.05, 0.1) is 17.9 Å². The maximum Gasteiger partial charge on any atom is 0.137 e. The van der Waals surface area contributed by atoms with Crippen molar-refractivity contribution in [2.24, 2.45) is 7.05 Å². The van der Waals surface area contributed by atoms with Crippen molar-refractivity contribution >= 4 is 22.1 Å². The zero-order chi connectivity index (χ0) is 26.5. The summed E-state index contributed by atoms with van der Waals surface area (Å²) in [5.41, 5.74) is 11.4. The second-order valence-corrected chi connectivity index (χ2v) is 10.7. The lowest BCUT2D eigenvalue weighted by atomic mass is 10.0. The van der Waals surface area contributed by atoms with Crippen molar-refractivity contribution in [1.82, 2.24) is 39.2 Å². The maximum absolute atomic E-state index is 4.80. The summed E-state index contributed by atoms with van der Waals surface area (Å²) in [5.74, 6) is 0. The number of H-pyrrole nitrogens is 1. The Labute approximate surface area is 227 Å². The minimum absolute atomic E-state index is 0.889. The molecule has 0 atom stereocenters. The van der Waals surface area contributed by atoms with Crippen molar-refractivity contribution in [3.05, 3.63) is 90.4 Å². The number of nitrogens with one attached hydrogen (secondary N) is 1. The van der Waals surface area contributed by atoms with E-state index >= 15 is 0 Å². The molecular formula is C31H32N8. The van der Waals surface area contributed by atoms with Crippen LogP contribution < -0.4 is 0 Å². The van der Waals surface area contributed by atoms with Crippen molar-refractivity contribution < 1.29 is 0 Å². The second-order valence-electron chi connectivity index (χ2n) is 10.7. The fourth-order valence-electron chi connectivity index (χ4n) is 5.71. The summed E-state index contributed by atoms with van der Waals surface area (Å²) >= 11 is 0. The van der Waals surface area contributed by atoms with Gasteiger partial charge in [-0.05, 0) is 61.4 Å². The van der Waals surface area contributed by atoms with Crippen LogP contribution in [0.1, 0.15) is 18.9 Å². The highest BCUT2D eigenvalue weighted by Crippen LogP contribution is 2.34. The lowest BCUT2D eigenvalue weighted by Gasteiger charge is -2.35. The standard InChI is InChI=1S/C31H32N8/c1-21-4-5-22(6-7-29(21)38-12-10-36(2)11-13-38)24-14-26-27(18-33-31(26)32-16-24)23-8-9-39-30(15-23)28(19-35-39)25-17-34-37(3)20-25/h5-9,14-20H,4,10-13H2,1-3H3,(H,32,33). The fraction of sp³-hybridized carbons (Fsp3) is 0.258. The lowest BCUT2D eigenvalue weighted by Crippen LogP contribution is -2.43. The summed E-state index contributed by atoms with van der Waals surface area (Å²) in [6, 6.07) is 6.58. The van der Waals surface area contributed by atoms with Crippen LogP contribution >= 0.6 is 0 Å². The minimum atomic E-state index is 0.889. The molecule has 1 saturated heterocycles. The molecule has 196 valence electrons. The maximum atomic E-state index is 4.80. The van der Waals surface area contributed by atoms with E-state index in [4.69, 9.17) is 4.98 Å². The number of nitrogens with zero attached hydrogens (tertiary/aromatic N) is 7. The molecule has 0 aromatic carbocycles.